The van der Waals surface area contributed by atoms with E-state index in [-0.39, 0.29) is 42.3 Å². The predicted octanol–water partition coefficient (Wildman–Crippen LogP) is 1.08. The third kappa shape index (κ3) is 5.12. The number of hydrogen-bond donors (Lipinski definition) is 2. The van der Waals surface area contributed by atoms with Gasteiger partial charge in [-0.1, -0.05) is 0 Å². The number of nitrogens with zero attached hydrogens (tertiary/aromatic N) is 6. The molecule has 3 aromatic rings. The van der Waals surface area contributed by atoms with E-state index >= 15 is 0 Å². The van der Waals surface area contributed by atoms with E-state index in [2.05, 4.69) is 25.7 Å². The molecule has 0 aliphatic carbocycles. The van der Waals surface area contributed by atoms with E-state index < -0.39 is 44.8 Å². The van der Waals surface area contributed by atoms with Crippen LogP contribution in [0.5, 0.6) is 0 Å². The Morgan fingerprint density at radius 2 is 1.95 bits per heavy atom. The van der Waals surface area contributed by atoms with Gasteiger partial charge >= 0.3 is 6.18 Å². The van der Waals surface area contributed by atoms with Crippen LogP contribution in [0.1, 0.15) is 27.3 Å². The van der Waals surface area contributed by atoms with Gasteiger partial charge < -0.3 is 15.5 Å². The van der Waals surface area contributed by atoms with E-state index in [1.54, 1.807) is 4.90 Å². The number of anilines is 2. The molecule has 1 saturated heterocycles. The molecule has 0 unspecified atom stereocenters. The number of hydrogen-bond acceptors (Lipinski definition) is 9. The van der Waals surface area contributed by atoms with Crippen LogP contribution >= 0.6 is 0 Å². The minimum atomic E-state index is -4.56. The van der Waals surface area contributed by atoms with Crippen LogP contribution in [0.15, 0.2) is 36.7 Å². The van der Waals surface area contributed by atoms with Crippen molar-refractivity contribution in [3.05, 3.63) is 59.2 Å². The average Bonchev–Trinajstić information content (AvgIpc) is 3.19. The number of nitriles is 1. The number of rotatable bonds is 5. The lowest BCUT2D eigenvalue weighted by Gasteiger charge is -2.52. The molecule has 39 heavy (non-hydrogen) atoms. The average molecular weight is 561 g/mol. The molecule has 0 radical (unpaired) electrons. The Morgan fingerprint density at radius 3 is 2.51 bits per heavy atom. The fraction of sp³-hybridized carbons (Fsp3) is 0.304. The second-order valence-corrected chi connectivity index (χ2v) is 11.5. The summed E-state index contributed by atoms with van der Waals surface area (Å²) in [5.41, 5.74) is -0.729. The third-order valence-corrected chi connectivity index (χ3v) is 6.99. The van der Waals surface area contributed by atoms with Gasteiger partial charge in [-0.05, 0) is 24.3 Å². The minimum absolute atomic E-state index is 0.0308. The van der Waals surface area contributed by atoms with Crippen molar-refractivity contribution in [2.75, 3.05) is 35.3 Å². The molecule has 2 aliphatic rings. The number of alkyl halides is 3. The number of carbonyl (C=O) groups is 2. The molecular weight excluding hydrogens is 541 g/mol. The predicted molar refractivity (Wildman–Crippen MR) is 130 cm³/mol. The molecule has 1 fully saturated rings. The molecule has 0 bridgehead atoms. The number of carbonyl (C=O) groups excluding carboxylic acids is 2. The van der Waals surface area contributed by atoms with E-state index in [1.165, 1.54) is 29.1 Å². The van der Waals surface area contributed by atoms with E-state index in [0.717, 1.165) is 18.5 Å². The normalized spacial score (nSPS) is 16.2. The zero-order chi connectivity index (χ0) is 28.2. The number of pyridine rings is 2. The number of halogens is 3. The first kappa shape index (κ1) is 26.1. The largest absolute Gasteiger partial charge is 0.433 e. The Bertz CT molecular complexity index is 1620. The van der Waals surface area contributed by atoms with Gasteiger partial charge in [0.05, 0.1) is 28.7 Å². The van der Waals surface area contributed by atoms with Gasteiger partial charge in [0.2, 0.25) is 5.91 Å². The Morgan fingerprint density at radius 1 is 1.21 bits per heavy atom. The van der Waals surface area contributed by atoms with Gasteiger partial charge in [0, 0.05) is 32.0 Å². The molecule has 2 amide bonds. The van der Waals surface area contributed by atoms with Gasteiger partial charge in [-0.15, -0.1) is 0 Å². The van der Waals surface area contributed by atoms with Crippen LogP contribution < -0.4 is 15.5 Å². The summed E-state index contributed by atoms with van der Waals surface area (Å²) >= 11 is 0. The van der Waals surface area contributed by atoms with E-state index in [9.17, 15) is 31.2 Å². The SMILES string of the molecule is CS(=O)(=O)CC(=O)Nc1c2c(nn1-c1ccc(C#N)cn1)CC1(CN(c3ccc(C(F)(F)F)nc3)C1)NC2=O. The maximum Gasteiger partial charge on any atom is 0.433 e. The smallest absolute Gasteiger partial charge is 0.365 e. The van der Waals surface area contributed by atoms with Crippen LogP contribution in [0.4, 0.5) is 24.7 Å². The lowest BCUT2D eigenvalue weighted by atomic mass is 9.80. The Hall–Kier alpha value is -4.52. The highest BCUT2D eigenvalue weighted by atomic mass is 32.2. The van der Waals surface area contributed by atoms with Crippen molar-refractivity contribution in [1.82, 2.24) is 25.1 Å². The minimum Gasteiger partial charge on any atom is -0.365 e. The fourth-order valence-electron chi connectivity index (χ4n) is 4.56. The molecule has 5 rings (SSSR count). The molecule has 3 aromatic heterocycles. The van der Waals surface area contributed by atoms with E-state index in [1.807, 2.05) is 6.07 Å². The summed E-state index contributed by atoms with van der Waals surface area (Å²) in [6, 6.07) is 7.04. The van der Waals surface area contributed by atoms with Crippen LogP contribution in [-0.4, -0.2) is 70.6 Å². The van der Waals surface area contributed by atoms with Crippen molar-refractivity contribution >= 4 is 33.2 Å². The van der Waals surface area contributed by atoms with Gasteiger partial charge in [-0.2, -0.15) is 28.2 Å². The molecule has 0 aromatic carbocycles. The van der Waals surface area contributed by atoms with Gasteiger partial charge in [-0.25, -0.2) is 18.4 Å². The summed E-state index contributed by atoms with van der Waals surface area (Å²) in [5.74, 6) is -2.18. The number of aromatic nitrogens is 4. The molecule has 1 spiro atoms. The molecule has 5 heterocycles. The maximum atomic E-state index is 13.3. The highest BCUT2D eigenvalue weighted by Crippen LogP contribution is 2.37. The lowest BCUT2D eigenvalue weighted by molar-refractivity contribution is -0.141. The van der Waals surface area contributed by atoms with Crippen molar-refractivity contribution in [3.8, 4) is 11.9 Å². The number of amides is 2. The monoisotopic (exact) mass is 560 g/mol. The van der Waals surface area contributed by atoms with Crippen molar-refractivity contribution in [1.29, 1.82) is 5.26 Å². The first-order valence-corrected chi connectivity index (χ1v) is 13.4. The second-order valence-electron chi connectivity index (χ2n) is 9.38. The number of fused-ring (bicyclic) bond motifs is 1. The van der Waals surface area contributed by atoms with E-state index in [4.69, 9.17) is 5.26 Å². The molecule has 0 saturated carbocycles. The summed E-state index contributed by atoms with van der Waals surface area (Å²) in [6.45, 7) is 0.534. The summed E-state index contributed by atoms with van der Waals surface area (Å²) < 4.78 is 62.9. The molecule has 2 N–H and O–H groups in total. The molecule has 202 valence electrons. The van der Waals surface area contributed by atoms with Crippen molar-refractivity contribution in [2.24, 2.45) is 0 Å². The van der Waals surface area contributed by atoms with Crippen LogP contribution in [0.25, 0.3) is 5.82 Å². The first-order chi connectivity index (χ1) is 18.3. The summed E-state index contributed by atoms with van der Waals surface area (Å²) in [4.78, 5) is 35.1. The summed E-state index contributed by atoms with van der Waals surface area (Å²) in [5, 5.41) is 18.9. The summed E-state index contributed by atoms with van der Waals surface area (Å²) in [6.07, 6.45) is -1.04. The van der Waals surface area contributed by atoms with Gasteiger partial charge in [0.25, 0.3) is 5.91 Å². The van der Waals surface area contributed by atoms with Crippen molar-refractivity contribution in [3.63, 3.8) is 0 Å². The fourth-order valence-corrected chi connectivity index (χ4v) is 5.11. The van der Waals surface area contributed by atoms with Gasteiger partial charge in [0.1, 0.15) is 23.1 Å². The highest BCUT2D eigenvalue weighted by Gasteiger charge is 2.50. The summed E-state index contributed by atoms with van der Waals surface area (Å²) in [7, 11) is -3.67. The quantitative estimate of drug-likeness (QED) is 0.465. The maximum absolute atomic E-state index is 13.3. The number of sulfone groups is 1. The zero-order valence-corrected chi connectivity index (χ0v) is 21.0. The molecule has 12 nitrogen and oxygen atoms in total. The van der Waals surface area contributed by atoms with Gasteiger partial charge in [-0.3, -0.25) is 9.59 Å². The molecule has 2 aliphatic heterocycles. The molecule has 0 atom stereocenters. The Kier molecular flexibility index (Phi) is 6.06. The third-order valence-electron chi connectivity index (χ3n) is 6.21. The van der Waals surface area contributed by atoms with Crippen LogP contribution in [0.2, 0.25) is 0 Å². The van der Waals surface area contributed by atoms with E-state index in [0.29, 0.717) is 11.4 Å². The molecular formula is C23H19F3N8O4S. The topological polar surface area (TPSA) is 163 Å². The Balaban J connectivity index is 1.44. The second kappa shape index (κ2) is 9.05. The van der Waals surface area contributed by atoms with Crippen molar-refractivity contribution in [2.45, 2.75) is 18.1 Å². The first-order valence-electron chi connectivity index (χ1n) is 11.3. The van der Waals surface area contributed by atoms with Crippen LogP contribution in [0.3, 0.4) is 0 Å². The highest BCUT2D eigenvalue weighted by molar-refractivity contribution is 7.91. The lowest BCUT2D eigenvalue weighted by Crippen LogP contribution is -2.73. The molecule has 16 heteroatoms. The van der Waals surface area contributed by atoms with Gasteiger partial charge in [0.15, 0.2) is 21.5 Å². The van der Waals surface area contributed by atoms with Crippen LogP contribution in [-0.2, 0) is 27.2 Å². The Labute approximate surface area is 219 Å². The standard InChI is InChI=1S/C23H19F3N8O4S/c1-39(37,38)10-18(35)30-20-19-15(32-34(20)17-5-2-13(7-27)8-29-17)6-22(31-21(19)36)11-33(12-22)14-3-4-16(28-9-14)23(24,25)26/h2-5,8-9H,6,10-12H2,1H3,(H,30,35)(H,31,36). The number of nitrogens with one attached hydrogen (secondary N) is 2. The van der Waals surface area contributed by atoms with Crippen LogP contribution in [0, 0.1) is 11.3 Å². The zero-order valence-electron chi connectivity index (χ0n) is 20.2. The van der Waals surface area contributed by atoms with Crippen molar-refractivity contribution < 1.29 is 31.2 Å².